The van der Waals surface area contributed by atoms with E-state index >= 15 is 0 Å². The van der Waals surface area contributed by atoms with E-state index in [0.717, 1.165) is 33.3 Å². The second-order valence-electron chi connectivity index (χ2n) is 7.65. The Morgan fingerprint density at radius 1 is 1.12 bits per heavy atom. The smallest absolute Gasteiger partial charge is 0.310 e. The lowest BCUT2D eigenvalue weighted by molar-refractivity contribution is -0.141. The maximum atomic E-state index is 12.5. The number of nitrogens with two attached hydrogens (primary N) is 1. The number of ether oxygens (including phenoxy) is 1. The Kier molecular flexibility index (Phi) is 5.89. The van der Waals surface area contributed by atoms with Crippen molar-refractivity contribution >= 4 is 28.5 Å². The number of benzene rings is 2. The predicted octanol–water partition coefficient (Wildman–Crippen LogP) is 3.85. The van der Waals surface area contributed by atoms with E-state index in [0.29, 0.717) is 11.6 Å². The first-order chi connectivity index (χ1) is 15.4. The molecule has 162 valence electrons. The van der Waals surface area contributed by atoms with Crippen LogP contribution in [0.1, 0.15) is 21.7 Å². The molecule has 2 heterocycles. The van der Waals surface area contributed by atoms with E-state index < -0.39 is 0 Å². The van der Waals surface area contributed by atoms with E-state index in [1.165, 1.54) is 0 Å². The number of aromatic amines is 1. The molecule has 0 radical (unpaired) electrons. The number of hydrogen-bond acceptors (Lipinski definition) is 5. The van der Waals surface area contributed by atoms with Gasteiger partial charge in [-0.15, -0.1) is 0 Å². The molecule has 0 atom stereocenters. The first kappa shape index (κ1) is 21.1. The zero-order valence-electron chi connectivity index (χ0n) is 17.8. The number of fused-ring (bicyclic) bond motifs is 1. The Balaban J connectivity index is 1.48. The number of carbonyl (C=O) groups excluding carboxylic acids is 2. The maximum Gasteiger partial charge on any atom is 0.310 e. The lowest BCUT2D eigenvalue weighted by atomic mass is 10.0. The average molecular weight is 428 g/mol. The second kappa shape index (κ2) is 8.93. The Hall–Kier alpha value is -4.13. The summed E-state index contributed by atoms with van der Waals surface area (Å²) in [4.78, 5) is 31.8. The quantitative estimate of drug-likeness (QED) is 0.252. The van der Waals surface area contributed by atoms with E-state index in [-0.39, 0.29) is 31.2 Å². The summed E-state index contributed by atoms with van der Waals surface area (Å²) in [5, 5.41) is 1.01. The normalized spacial score (nSPS) is 10.9. The van der Waals surface area contributed by atoms with Gasteiger partial charge in [0.2, 0.25) is 5.78 Å². The third-order valence-electron chi connectivity index (χ3n) is 5.17. The summed E-state index contributed by atoms with van der Waals surface area (Å²) >= 11 is 0. The van der Waals surface area contributed by atoms with Crippen molar-refractivity contribution in [3.05, 3.63) is 84.3 Å². The molecule has 7 heteroatoms. The molecule has 0 unspecified atom stereocenters. The number of hydrogen-bond donors (Lipinski definition) is 2. The predicted molar refractivity (Wildman–Crippen MR) is 124 cm³/mol. The molecule has 0 aliphatic carbocycles. The van der Waals surface area contributed by atoms with E-state index in [4.69, 9.17) is 10.5 Å². The van der Waals surface area contributed by atoms with Gasteiger partial charge in [0.05, 0.1) is 6.42 Å². The highest BCUT2D eigenvalue weighted by Crippen LogP contribution is 2.26. The molecule has 0 fully saturated rings. The lowest BCUT2D eigenvalue weighted by Gasteiger charge is -2.03. The number of Topliss-reactive ketones (excluding diaryl/α,β-unsaturated/α-hetero) is 1. The molecule has 4 rings (SSSR count). The summed E-state index contributed by atoms with van der Waals surface area (Å²) in [5.74, 6) is 0.327. The van der Waals surface area contributed by atoms with E-state index in [1.807, 2.05) is 48.5 Å². The second-order valence-corrected chi connectivity index (χ2v) is 7.65. The van der Waals surface area contributed by atoms with Crippen LogP contribution in [0.3, 0.4) is 0 Å². The Bertz CT molecular complexity index is 1300. The molecule has 0 aliphatic rings. The summed E-state index contributed by atoms with van der Waals surface area (Å²) in [6.07, 6.45) is 3.65. The molecule has 0 saturated carbocycles. The summed E-state index contributed by atoms with van der Waals surface area (Å²) in [6.45, 7) is 3.76. The molecule has 2 aromatic carbocycles. The summed E-state index contributed by atoms with van der Waals surface area (Å²) in [6, 6.07) is 15.7. The molecule has 0 saturated heterocycles. The molecule has 2 aromatic heterocycles. The zero-order valence-corrected chi connectivity index (χ0v) is 17.8. The zero-order chi connectivity index (χ0) is 22.7. The first-order valence-electron chi connectivity index (χ1n) is 10.2. The van der Waals surface area contributed by atoms with Crippen molar-refractivity contribution in [2.24, 2.45) is 7.05 Å². The minimum absolute atomic E-state index is 0.0818. The molecule has 0 amide bonds. The van der Waals surface area contributed by atoms with Gasteiger partial charge in [0, 0.05) is 36.3 Å². The molecule has 7 nitrogen and oxygen atoms in total. The van der Waals surface area contributed by atoms with Crippen molar-refractivity contribution in [2.75, 3.05) is 12.3 Å². The van der Waals surface area contributed by atoms with Crippen LogP contribution >= 0.6 is 0 Å². The van der Waals surface area contributed by atoms with E-state index in [2.05, 4.69) is 16.5 Å². The number of rotatable bonds is 8. The van der Waals surface area contributed by atoms with Gasteiger partial charge in [0.25, 0.3) is 0 Å². The highest BCUT2D eigenvalue weighted by Gasteiger charge is 2.14. The van der Waals surface area contributed by atoms with Crippen molar-refractivity contribution in [2.45, 2.75) is 12.8 Å². The summed E-state index contributed by atoms with van der Waals surface area (Å²) in [7, 11) is 1.76. The van der Waals surface area contributed by atoms with Crippen LogP contribution in [0.2, 0.25) is 0 Å². The molecule has 32 heavy (non-hydrogen) atoms. The number of imidazole rings is 1. The van der Waals surface area contributed by atoms with Crippen molar-refractivity contribution in [3.63, 3.8) is 0 Å². The number of nitrogens with zero attached hydrogens (tertiary/aromatic N) is 2. The molecule has 0 bridgehead atoms. The Labute approximate surface area is 185 Å². The fourth-order valence-electron chi connectivity index (χ4n) is 3.63. The Morgan fingerprint density at radius 3 is 2.56 bits per heavy atom. The number of anilines is 1. The number of carbonyl (C=O) groups is 2. The van der Waals surface area contributed by atoms with Crippen LogP contribution in [0.4, 0.5) is 5.82 Å². The first-order valence-corrected chi connectivity index (χ1v) is 10.2. The molecule has 0 aliphatic heterocycles. The van der Waals surface area contributed by atoms with Crippen LogP contribution in [0.15, 0.2) is 67.4 Å². The SMILES string of the molecule is C=CCOC(=O)Cc1ccc2[nH]c(-c3ccc(CC(=O)c4nc(N)cn4C)cc3)cc2c1. The van der Waals surface area contributed by atoms with Gasteiger partial charge >= 0.3 is 5.97 Å². The van der Waals surface area contributed by atoms with Crippen LogP contribution in [0, 0.1) is 0 Å². The largest absolute Gasteiger partial charge is 0.461 e. The number of ketones is 1. The van der Waals surface area contributed by atoms with Gasteiger partial charge in [-0.3, -0.25) is 9.59 Å². The summed E-state index contributed by atoms with van der Waals surface area (Å²) in [5.41, 5.74) is 10.4. The summed E-state index contributed by atoms with van der Waals surface area (Å²) < 4.78 is 6.70. The maximum absolute atomic E-state index is 12.5. The minimum atomic E-state index is -0.279. The van der Waals surface area contributed by atoms with E-state index in [1.54, 1.807) is 23.9 Å². The van der Waals surface area contributed by atoms with Gasteiger partial charge in [0.1, 0.15) is 12.4 Å². The molecular formula is C25H24N4O3. The lowest BCUT2D eigenvalue weighted by Crippen LogP contribution is -2.10. The Morgan fingerprint density at radius 2 is 1.88 bits per heavy atom. The molecule has 0 spiro atoms. The fourth-order valence-corrected chi connectivity index (χ4v) is 3.63. The van der Waals surface area contributed by atoms with Crippen LogP contribution in [0.25, 0.3) is 22.2 Å². The highest BCUT2D eigenvalue weighted by molar-refractivity contribution is 5.95. The molecule has 4 aromatic rings. The number of H-pyrrole nitrogens is 1. The van der Waals surface area contributed by atoms with E-state index in [9.17, 15) is 9.59 Å². The van der Waals surface area contributed by atoms with Crippen molar-refractivity contribution in [1.82, 2.24) is 14.5 Å². The van der Waals surface area contributed by atoms with Gasteiger partial charge in [-0.25, -0.2) is 4.98 Å². The number of aryl methyl sites for hydroxylation is 1. The van der Waals surface area contributed by atoms with Gasteiger partial charge in [-0.05, 0) is 34.9 Å². The third-order valence-corrected chi connectivity index (χ3v) is 5.17. The van der Waals surface area contributed by atoms with Gasteiger partial charge in [0.15, 0.2) is 5.82 Å². The monoisotopic (exact) mass is 428 g/mol. The van der Waals surface area contributed by atoms with Crippen LogP contribution < -0.4 is 5.73 Å². The van der Waals surface area contributed by atoms with Crippen molar-refractivity contribution in [1.29, 1.82) is 0 Å². The number of esters is 1. The van der Waals surface area contributed by atoms with Gasteiger partial charge < -0.3 is 20.0 Å². The standard InChI is InChI=1S/C25H24N4O3/c1-3-10-32-24(31)13-17-6-9-20-19(11-17)14-21(27-20)18-7-4-16(5-8-18)12-22(30)25-28-23(26)15-29(25)2/h3-9,11,14-15,27H,1,10,12-13,26H2,2H3. The fraction of sp³-hybridized carbons (Fsp3) is 0.160. The number of nitrogens with one attached hydrogen (secondary N) is 1. The topological polar surface area (TPSA) is 103 Å². The van der Waals surface area contributed by atoms with Gasteiger partial charge in [-0.2, -0.15) is 0 Å². The molecule has 3 N–H and O–H groups in total. The minimum Gasteiger partial charge on any atom is -0.461 e. The third kappa shape index (κ3) is 4.62. The van der Waals surface area contributed by atoms with Gasteiger partial charge in [-0.1, -0.05) is 43.0 Å². The molecular weight excluding hydrogens is 404 g/mol. The number of aromatic nitrogens is 3. The van der Waals surface area contributed by atoms with Crippen molar-refractivity contribution < 1.29 is 14.3 Å². The van der Waals surface area contributed by atoms with Crippen LogP contribution in [0.5, 0.6) is 0 Å². The highest BCUT2D eigenvalue weighted by atomic mass is 16.5. The van der Waals surface area contributed by atoms with Crippen LogP contribution in [-0.4, -0.2) is 32.9 Å². The average Bonchev–Trinajstić information content (AvgIpc) is 3.34. The van der Waals surface area contributed by atoms with Crippen molar-refractivity contribution in [3.8, 4) is 11.3 Å². The number of nitrogen functional groups attached to an aromatic ring is 1. The van der Waals surface area contributed by atoms with Crippen LogP contribution in [-0.2, 0) is 29.4 Å².